The largest absolute Gasteiger partial charge is 0.490 e. The highest BCUT2D eigenvalue weighted by Crippen LogP contribution is 2.39. The van der Waals surface area contributed by atoms with Crippen molar-refractivity contribution in [3.63, 3.8) is 0 Å². The van der Waals surface area contributed by atoms with Crippen LogP contribution >= 0.6 is 0 Å². The number of nitro groups is 2. The van der Waals surface area contributed by atoms with Gasteiger partial charge in [0.15, 0.2) is 0 Å². The minimum Gasteiger partial charge on any atom is -0.490 e. The van der Waals surface area contributed by atoms with Crippen molar-refractivity contribution in [2.24, 2.45) is 0 Å². The molecule has 0 spiro atoms. The zero-order chi connectivity index (χ0) is 13.9. The third-order valence-corrected chi connectivity index (χ3v) is 2.84. The van der Waals surface area contributed by atoms with Crippen molar-refractivity contribution in [2.45, 2.75) is 26.2 Å². The van der Waals surface area contributed by atoms with Crippen LogP contribution in [0.3, 0.4) is 0 Å². The molecule has 7 heteroatoms. The molecule has 1 aromatic rings. The fourth-order valence-corrected chi connectivity index (χ4v) is 1.67. The smallest absolute Gasteiger partial charge is 0.318 e. The fourth-order valence-electron chi connectivity index (χ4n) is 1.67. The molecule has 0 aliphatic rings. The Hall–Kier alpha value is -2.18. The Labute approximate surface area is 104 Å². The topological polar surface area (TPSA) is 95.5 Å². The predicted octanol–water partition coefficient (Wildman–Crippen LogP) is 3.03. The monoisotopic (exact) mass is 254 g/mol. The molecule has 0 aromatic heterocycles. The Morgan fingerprint density at radius 2 is 1.89 bits per heavy atom. The summed E-state index contributed by atoms with van der Waals surface area (Å²) in [7, 11) is 1.32. The highest BCUT2D eigenvalue weighted by molar-refractivity contribution is 5.59. The van der Waals surface area contributed by atoms with Crippen molar-refractivity contribution in [1.82, 2.24) is 0 Å². The summed E-state index contributed by atoms with van der Waals surface area (Å²) in [6.45, 7) is 3.74. The van der Waals surface area contributed by atoms with E-state index < -0.39 is 9.85 Å². The molecule has 0 bridgehead atoms. The van der Waals surface area contributed by atoms with E-state index in [0.29, 0.717) is 12.0 Å². The summed E-state index contributed by atoms with van der Waals surface area (Å²) >= 11 is 0. The molecule has 1 aromatic carbocycles. The number of benzene rings is 1. The maximum Gasteiger partial charge on any atom is 0.318 e. The zero-order valence-electron chi connectivity index (χ0n) is 10.4. The van der Waals surface area contributed by atoms with Gasteiger partial charge in [-0.2, -0.15) is 0 Å². The summed E-state index contributed by atoms with van der Waals surface area (Å²) in [4.78, 5) is 20.4. The first-order valence-corrected chi connectivity index (χ1v) is 5.43. The van der Waals surface area contributed by atoms with Gasteiger partial charge in [0.2, 0.25) is 5.75 Å². The van der Waals surface area contributed by atoms with Crippen LogP contribution in [-0.2, 0) is 0 Å². The van der Waals surface area contributed by atoms with E-state index in [1.165, 1.54) is 13.2 Å². The summed E-state index contributed by atoms with van der Waals surface area (Å²) < 4.78 is 5.03. The first-order valence-electron chi connectivity index (χ1n) is 5.43. The number of rotatable bonds is 5. The predicted molar refractivity (Wildman–Crippen MR) is 65.0 cm³/mol. The number of ether oxygens (including phenoxy) is 1. The van der Waals surface area contributed by atoms with Crippen LogP contribution in [0.4, 0.5) is 11.4 Å². The molecule has 0 saturated heterocycles. The molecular weight excluding hydrogens is 240 g/mol. The van der Waals surface area contributed by atoms with Gasteiger partial charge in [-0.05, 0) is 12.3 Å². The second-order valence-corrected chi connectivity index (χ2v) is 3.91. The second kappa shape index (κ2) is 5.44. The lowest BCUT2D eigenvalue weighted by atomic mass is 9.96. The van der Waals surface area contributed by atoms with E-state index in [1.54, 1.807) is 0 Å². The van der Waals surface area contributed by atoms with Crippen molar-refractivity contribution in [3.8, 4) is 5.75 Å². The van der Waals surface area contributed by atoms with Gasteiger partial charge in [-0.3, -0.25) is 20.2 Å². The molecule has 18 heavy (non-hydrogen) atoms. The van der Waals surface area contributed by atoms with E-state index >= 15 is 0 Å². The number of nitro benzene ring substituents is 2. The molecule has 7 nitrogen and oxygen atoms in total. The van der Waals surface area contributed by atoms with E-state index in [0.717, 1.165) is 6.07 Å². The molecule has 1 atom stereocenters. The van der Waals surface area contributed by atoms with Crippen LogP contribution in [0.2, 0.25) is 0 Å². The highest BCUT2D eigenvalue weighted by Gasteiger charge is 2.26. The molecule has 0 N–H and O–H groups in total. The van der Waals surface area contributed by atoms with Gasteiger partial charge < -0.3 is 4.74 Å². The maximum atomic E-state index is 10.9. The third kappa shape index (κ3) is 2.55. The Bertz CT molecular complexity index is 487. The average Bonchev–Trinajstić information content (AvgIpc) is 2.35. The quantitative estimate of drug-likeness (QED) is 0.594. The zero-order valence-corrected chi connectivity index (χ0v) is 10.4. The summed E-state index contributed by atoms with van der Waals surface area (Å²) in [5, 5.41) is 21.7. The van der Waals surface area contributed by atoms with E-state index in [2.05, 4.69) is 0 Å². The van der Waals surface area contributed by atoms with Gasteiger partial charge >= 0.3 is 5.69 Å². The maximum absolute atomic E-state index is 10.9. The molecule has 1 unspecified atom stereocenters. The van der Waals surface area contributed by atoms with E-state index in [4.69, 9.17) is 4.74 Å². The molecule has 0 saturated carbocycles. The summed E-state index contributed by atoms with van der Waals surface area (Å²) in [6.07, 6.45) is 0.703. The molecule has 1 rings (SSSR count). The summed E-state index contributed by atoms with van der Waals surface area (Å²) in [5.74, 6) is 0.0403. The first kappa shape index (κ1) is 13.9. The van der Waals surface area contributed by atoms with Gasteiger partial charge in [0.25, 0.3) is 5.69 Å². The Balaban J connectivity index is 3.55. The summed E-state index contributed by atoms with van der Waals surface area (Å²) in [6, 6.07) is 2.25. The van der Waals surface area contributed by atoms with Gasteiger partial charge in [0.1, 0.15) is 0 Å². The molecular formula is C11H14N2O5. The Morgan fingerprint density at radius 3 is 2.28 bits per heavy atom. The second-order valence-electron chi connectivity index (χ2n) is 3.91. The number of hydrogen-bond donors (Lipinski definition) is 0. The number of non-ortho nitro benzene ring substituents is 1. The first-order chi connectivity index (χ1) is 8.42. The molecule has 0 heterocycles. The van der Waals surface area contributed by atoms with Gasteiger partial charge in [-0.15, -0.1) is 0 Å². The average molecular weight is 254 g/mol. The molecule has 0 fully saturated rings. The fraction of sp³-hybridized carbons (Fsp3) is 0.455. The van der Waals surface area contributed by atoms with Crippen LogP contribution < -0.4 is 4.74 Å². The van der Waals surface area contributed by atoms with Crippen molar-refractivity contribution in [1.29, 1.82) is 0 Å². The van der Waals surface area contributed by atoms with Crippen molar-refractivity contribution < 1.29 is 14.6 Å². The van der Waals surface area contributed by atoms with Crippen molar-refractivity contribution in [2.75, 3.05) is 7.11 Å². The minimum atomic E-state index is -0.669. The minimum absolute atomic E-state index is 0.0569. The Kier molecular flexibility index (Phi) is 4.19. The van der Waals surface area contributed by atoms with Crippen molar-refractivity contribution in [3.05, 3.63) is 37.9 Å². The van der Waals surface area contributed by atoms with Gasteiger partial charge in [0.05, 0.1) is 23.0 Å². The molecule has 98 valence electrons. The van der Waals surface area contributed by atoms with E-state index in [-0.39, 0.29) is 23.0 Å². The molecule has 0 aliphatic heterocycles. The van der Waals surface area contributed by atoms with Crippen LogP contribution in [0.15, 0.2) is 12.1 Å². The third-order valence-electron chi connectivity index (χ3n) is 2.84. The van der Waals surface area contributed by atoms with Crippen LogP contribution in [0.1, 0.15) is 31.7 Å². The number of nitrogens with zero attached hydrogens (tertiary/aromatic N) is 2. The number of hydrogen-bond acceptors (Lipinski definition) is 5. The lowest BCUT2D eigenvalue weighted by molar-refractivity contribution is -0.394. The number of methoxy groups -OCH3 is 1. The Morgan fingerprint density at radius 1 is 1.28 bits per heavy atom. The lowest BCUT2D eigenvalue weighted by Crippen LogP contribution is -2.03. The van der Waals surface area contributed by atoms with Crippen LogP contribution in [0.25, 0.3) is 0 Å². The van der Waals surface area contributed by atoms with Gasteiger partial charge in [-0.1, -0.05) is 13.8 Å². The summed E-state index contributed by atoms with van der Waals surface area (Å²) in [5.41, 5.74) is -0.180. The van der Waals surface area contributed by atoms with Gasteiger partial charge in [0, 0.05) is 11.6 Å². The van der Waals surface area contributed by atoms with Crippen molar-refractivity contribution >= 4 is 11.4 Å². The van der Waals surface area contributed by atoms with Crippen LogP contribution in [0.5, 0.6) is 5.75 Å². The van der Waals surface area contributed by atoms with Crippen LogP contribution in [-0.4, -0.2) is 17.0 Å². The normalized spacial score (nSPS) is 11.9. The molecule has 0 amide bonds. The standard InChI is InChI=1S/C11H14N2O5/c1-4-7(2)9-5-8(12(14)15)6-10(13(16)17)11(9)18-3/h5-7H,4H2,1-3H3. The SMILES string of the molecule is CCC(C)c1cc([N+](=O)[O-])cc([N+](=O)[O-])c1OC. The highest BCUT2D eigenvalue weighted by atomic mass is 16.6. The van der Waals surface area contributed by atoms with E-state index in [1.807, 2.05) is 13.8 Å². The molecule has 0 radical (unpaired) electrons. The van der Waals surface area contributed by atoms with Gasteiger partial charge in [-0.25, -0.2) is 0 Å². The van der Waals surface area contributed by atoms with E-state index in [9.17, 15) is 20.2 Å². The molecule has 0 aliphatic carbocycles. The lowest BCUT2D eigenvalue weighted by Gasteiger charge is -2.13. The van der Waals surface area contributed by atoms with Crippen LogP contribution in [0, 0.1) is 20.2 Å².